The summed E-state index contributed by atoms with van der Waals surface area (Å²) in [6.07, 6.45) is 1.93. The summed E-state index contributed by atoms with van der Waals surface area (Å²) in [5.41, 5.74) is 7.86. The number of fused-ring (bicyclic) bond motifs is 1. The first-order chi connectivity index (χ1) is 13.0. The minimum absolute atomic E-state index is 0.102. The molecule has 1 aliphatic rings. The van der Waals surface area contributed by atoms with Crippen molar-refractivity contribution in [3.05, 3.63) is 48.0 Å². The average Bonchev–Trinajstić information content (AvgIpc) is 2.66. The molecule has 3 aromatic heterocycles. The van der Waals surface area contributed by atoms with Crippen LogP contribution in [0.1, 0.15) is 19.5 Å². The van der Waals surface area contributed by atoms with Crippen LogP contribution in [0, 0.1) is 5.82 Å². The molecule has 2 unspecified atom stereocenters. The van der Waals surface area contributed by atoms with Gasteiger partial charge < -0.3 is 15.4 Å². The highest BCUT2D eigenvalue weighted by atomic mass is 19.1. The molecule has 0 radical (unpaired) electrons. The smallest absolute Gasteiger partial charge is 0.151 e. The van der Waals surface area contributed by atoms with Crippen molar-refractivity contribution < 1.29 is 9.13 Å². The molecule has 0 saturated carbocycles. The lowest BCUT2D eigenvalue weighted by atomic mass is 10.1. The number of hydrogen-bond donors (Lipinski definition) is 1. The van der Waals surface area contributed by atoms with E-state index in [4.69, 9.17) is 10.5 Å². The van der Waals surface area contributed by atoms with E-state index >= 15 is 0 Å². The molecule has 0 aromatic carbocycles. The average molecular weight is 367 g/mol. The standard InChI is InChI=1S/C20H22FN5O/c1-12-10-26(11-13(2)27-12)19-6-4-16(21)20(25-19)17-5-3-14-9-23-15(8-22)7-18(14)24-17/h3-7,9,12-13H,8,10-11,22H2,1-2H3. The van der Waals surface area contributed by atoms with Crippen molar-refractivity contribution in [3.8, 4) is 11.4 Å². The molecule has 3 aromatic rings. The second kappa shape index (κ2) is 7.17. The van der Waals surface area contributed by atoms with Crippen LogP contribution in [-0.2, 0) is 11.3 Å². The van der Waals surface area contributed by atoms with E-state index < -0.39 is 5.82 Å². The van der Waals surface area contributed by atoms with Crippen LogP contribution in [0.5, 0.6) is 0 Å². The number of pyridine rings is 3. The number of ether oxygens (including phenoxy) is 1. The van der Waals surface area contributed by atoms with Gasteiger partial charge >= 0.3 is 0 Å². The number of nitrogens with zero attached hydrogens (tertiary/aromatic N) is 4. The van der Waals surface area contributed by atoms with Crippen LogP contribution in [0.2, 0.25) is 0 Å². The highest BCUT2D eigenvalue weighted by Gasteiger charge is 2.24. The number of rotatable bonds is 3. The Morgan fingerprint density at radius 3 is 2.67 bits per heavy atom. The summed E-state index contributed by atoms with van der Waals surface area (Å²) in [6, 6.07) is 8.63. The van der Waals surface area contributed by atoms with Crippen molar-refractivity contribution in [2.45, 2.75) is 32.6 Å². The molecule has 1 fully saturated rings. The molecule has 4 rings (SSSR count). The SMILES string of the molecule is CC1CN(c2ccc(F)c(-c3ccc4cnc(CN)cc4n3)n2)CC(C)O1. The van der Waals surface area contributed by atoms with E-state index in [2.05, 4.69) is 19.9 Å². The molecular weight excluding hydrogens is 345 g/mol. The molecule has 6 nitrogen and oxygen atoms in total. The van der Waals surface area contributed by atoms with Crippen LogP contribution in [-0.4, -0.2) is 40.2 Å². The molecule has 27 heavy (non-hydrogen) atoms. The molecule has 1 saturated heterocycles. The van der Waals surface area contributed by atoms with Gasteiger partial charge in [0.1, 0.15) is 11.5 Å². The van der Waals surface area contributed by atoms with E-state index in [-0.39, 0.29) is 17.9 Å². The maximum absolute atomic E-state index is 14.5. The number of aromatic nitrogens is 3. The van der Waals surface area contributed by atoms with Gasteiger partial charge in [-0.15, -0.1) is 0 Å². The van der Waals surface area contributed by atoms with Crippen molar-refractivity contribution in [2.24, 2.45) is 5.73 Å². The van der Waals surface area contributed by atoms with Crippen LogP contribution >= 0.6 is 0 Å². The van der Waals surface area contributed by atoms with Crippen LogP contribution in [0.25, 0.3) is 22.3 Å². The number of halogens is 1. The normalized spacial score (nSPS) is 20.2. The molecule has 2 N–H and O–H groups in total. The second-order valence-electron chi connectivity index (χ2n) is 6.93. The van der Waals surface area contributed by atoms with Crippen LogP contribution < -0.4 is 10.6 Å². The van der Waals surface area contributed by atoms with E-state index in [0.29, 0.717) is 12.2 Å². The zero-order chi connectivity index (χ0) is 19.0. The first-order valence-corrected chi connectivity index (χ1v) is 9.06. The molecular formula is C20H22FN5O. The summed E-state index contributed by atoms with van der Waals surface area (Å²) in [5.74, 6) is 0.334. The first kappa shape index (κ1) is 17.8. The molecule has 2 atom stereocenters. The lowest BCUT2D eigenvalue weighted by Gasteiger charge is -2.36. The topological polar surface area (TPSA) is 77.2 Å². The van der Waals surface area contributed by atoms with E-state index in [0.717, 1.165) is 35.5 Å². The Morgan fingerprint density at radius 1 is 1.15 bits per heavy atom. The highest BCUT2D eigenvalue weighted by molar-refractivity contribution is 5.80. The van der Waals surface area contributed by atoms with Gasteiger partial charge in [-0.1, -0.05) is 0 Å². The summed E-state index contributed by atoms with van der Waals surface area (Å²) < 4.78 is 20.3. The van der Waals surface area contributed by atoms with Gasteiger partial charge in [-0.05, 0) is 44.2 Å². The van der Waals surface area contributed by atoms with Gasteiger partial charge in [0, 0.05) is 31.2 Å². The molecule has 0 bridgehead atoms. The Kier molecular flexibility index (Phi) is 4.72. The lowest BCUT2D eigenvalue weighted by molar-refractivity contribution is -0.00545. The number of nitrogens with two attached hydrogens (primary N) is 1. The zero-order valence-corrected chi connectivity index (χ0v) is 15.4. The minimum Gasteiger partial charge on any atom is -0.372 e. The van der Waals surface area contributed by atoms with Crippen molar-refractivity contribution in [1.29, 1.82) is 0 Å². The summed E-state index contributed by atoms with van der Waals surface area (Å²) in [5, 5.41) is 0.878. The molecule has 1 aliphatic heterocycles. The van der Waals surface area contributed by atoms with Crippen molar-refractivity contribution in [2.75, 3.05) is 18.0 Å². The second-order valence-corrected chi connectivity index (χ2v) is 6.93. The molecule has 0 amide bonds. The highest BCUT2D eigenvalue weighted by Crippen LogP contribution is 2.26. The Morgan fingerprint density at radius 2 is 1.93 bits per heavy atom. The van der Waals surface area contributed by atoms with Crippen LogP contribution in [0.4, 0.5) is 10.2 Å². The zero-order valence-electron chi connectivity index (χ0n) is 15.4. The lowest BCUT2D eigenvalue weighted by Crippen LogP contribution is -2.45. The predicted octanol–water partition coefficient (Wildman–Crippen LogP) is 2.90. The van der Waals surface area contributed by atoms with Crippen molar-refractivity contribution >= 4 is 16.7 Å². The summed E-state index contributed by atoms with van der Waals surface area (Å²) >= 11 is 0. The van der Waals surface area contributed by atoms with Crippen molar-refractivity contribution in [3.63, 3.8) is 0 Å². The third-order valence-corrected chi connectivity index (χ3v) is 4.66. The first-order valence-electron chi connectivity index (χ1n) is 9.06. The number of morpholine rings is 1. The molecule has 140 valence electrons. The Hall–Kier alpha value is -2.64. The van der Waals surface area contributed by atoms with Crippen LogP contribution in [0.3, 0.4) is 0 Å². The summed E-state index contributed by atoms with van der Waals surface area (Å²) in [7, 11) is 0. The van der Waals surface area contributed by atoms with E-state index in [1.54, 1.807) is 18.3 Å². The van der Waals surface area contributed by atoms with Gasteiger partial charge in [0.15, 0.2) is 5.82 Å². The van der Waals surface area contributed by atoms with Crippen molar-refractivity contribution in [1.82, 2.24) is 15.0 Å². The van der Waals surface area contributed by atoms with Gasteiger partial charge in [-0.3, -0.25) is 4.98 Å². The van der Waals surface area contributed by atoms with E-state index in [1.807, 2.05) is 26.0 Å². The van der Waals surface area contributed by atoms with Gasteiger partial charge in [0.2, 0.25) is 0 Å². The Balaban J connectivity index is 1.74. The monoisotopic (exact) mass is 367 g/mol. The minimum atomic E-state index is -0.395. The summed E-state index contributed by atoms with van der Waals surface area (Å²) in [6.45, 7) is 5.83. The molecule has 7 heteroatoms. The van der Waals surface area contributed by atoms with Gasteiger partial charge in [-0.25, -0.2) is 14.4 Å². The number of anilines is 1. The fourth-order valence-corrected chi connectivity index (χ4v) is 3.45. The quantitative estimate of drug-likeness (QED) is 0.767. The fraction of sp³-hybridized carbons (Fsp3) is 0.350. The summed E-state index contributed by atoms with van der Waals surface area (Å²) in [4.78, 5) is 15.6. The van der Waals surface area contributed by atoms with Gasteiger partial charge in [-0.2, -0.15) is 0 Å². The maximum Gasteiger partial charge on any atom is 0.151 e. The largest absolute Gasteiger partial charge is 0.372 e. The maximum atomic E-state index is 14.5. The van der Waals surface area contributed by atoms with E-state index in [9.17, 15) is 4.39 Å². The van der Waals surface area contributed by atoms with Gasteiger partial charge in [0.25, 0.3) is 0 Å². The third-order valence-electron chi connectivity index (χ3n) is 4.66. The van der Waals surface area contributed by atoms with Crippen LogP contribution in [0.15, 0.2) is 36.5 Å². The Labute approximate surface area is 157 Å². The fourth-order valence-electron chi connectivity index (χ4n) is 3.45. The van der Waals surface area contributed by atoms with Gasteiger partial charge in [0.05, 0.1) is 29.1 Å². The Bertz CT molecular complexity index is 970. The predicted molar refractivity (Wildman–Crippen MR) is 103 cm³/mol. The number of hydrogen-bond acceptors (Lipinski definition) is 6. The third kappa shape index (κ3) is 3.61. The molecule has 0 spiro atoms. The molecule has 0 aliphatic carbocycles. The van der Waals surface area contributed by atoms with E-state index in [1.165, 1.54) is 6.07 Å². The molecule has 4 heterocycles.